The maximum absolute atomic E-state index is 13.9. The summed E-state index contributed by atoms with van der Waals surface area (Å²) in [6.45, 7) is 1.82. The number of rotatable bonds is 3. The van der Waals surface area contributed by atoms with Crippen molar-refractivity contribution in [3.8, 4) is 0 Å². The SMILES string of the molecule is Cc1nn(C)c(CC(N)c2cccc(Cl)c2F)c1Cl. The number of nitrogens with two attached hydrogens (primary N) is 1. The molecule has 2 rings (SSSR count). The number of hydrogen-bond donors (Lipinski definition) is 1. The summed E-state index contributed by atoms with van der Waals surface area (Å²) in [6.07, 6.45) is 0.396. The van der Waals surface area contributed by atoms with Crippen molar-refractivity contribution >= 4 is 23.2 Å². The van der Waals surface area contributed by atoms with Crippen molar-refractivity contribution in [3.63, 3.8) is 0 Å². The molecule has 0 amide bonds. The fourth-order valence-electron chi connectivity index (χ4n) is 2.03. The fourth-order valence-corrected chi connectivity index (χ4v) is 2.45. The van der Waals surface area contributed by atoms with E-state index in [4.69, 9.17) is 28.9 Å². The van der Waals surface area contributed by atoms with Crippen molar-refractivity contribution in [3.05, 3.63) is 51.0 Å². The van der Waals surface area contributed by atoms with Gasteiger partial charge in [-0.1, -0.05) is 35.3 Å². The van der Waals surface area contributed by atoms with Crippen LogP contribution in [-0.4, -0.2) is 9.78 Å². The van der Waals surface area contributed by atoms with Crippen molar-refractivity contribution in [1.82, 2.24) is 9.78 Å². The largest absolute Gasteiger partial charge is 0.324 e. The minimum absolute atomic E-state index is 0.0697. The molecule has 0 spiro atoms. The van der Waals surface area contributed by atoms with E-state index in [0.717, 1.165) is 11.4 Å². The molecular formula is C13H14Cl2FN3. The van der Waals surface area contributed by atoms with Crippen LogP contribution < -0.4 is 5.73 Å². The molecule has 0 aliphatic heterocycles. The third-order valence-electron chi connectivity index (χ3n) is 3.06. The van der Waals surface area contributed by atoms with Gasteiger partial charge in [0.1, 0.15) is 5.82 Å². The summed E-state index contributed by atoms with van der Waals surface area (Å²) in [4.78, 5) is 0. The molecule has 0 aliphatic carbocycles. The van der Waals surface area contributed by atoms with Gasteiger partial charge in [-0.2, -0.15) is 5.10 Å². The molecular weight excluding hydrogens is 288 g/mol. The van der Waals surface area contributed by atoms with Gasteiger partial charge in [0, 0.05) is 25.1 Å². The molecule has 1 aromatic carbocycles. The van der Waals surface area contributed by atoms with Crippen molar-refractivity contribution in [1.29, 1.82) is 0 Å². The number of aromatic nitrogens is 2. The summed E-state index contributed by atoms with van der Waals surface area (Å²) in [7, 11) is 1.79. The van der Waals surface area contributed by atoms with Crippen LogP contribution in [0.2, 0.25) is 10.0 Å². The molecule has 1 unspecified atom stereocenters. The first-order valence-corrected chi connectivity index (χ1v) is 6.55. The van der Waals surface area contributed by atoms with Gasteiger partial charge < -0.3 is 5.73 Å². The smallest absolute Gasteiger partial charge is 0.146 e. The monoisotopic (exact) mass is 301 g/mol. The molecule has 0 radical (unpaired) electrons. The Morgan fingerprint density at radius 2 is 2.11 bits per heavy atom. The van der Waals surface area contributed by atoms with Crippen LogP contribution in [0.5, 0.6) is 0 Å². The second-order valence-electron chi connectivity index (χ2n) is 4.42. The first kappa shape index (κ1) is 14.3. The van der Waals surface area contributed by atoms with Gasteiger partial charge in [0.2, 0.25) is 0 Å². The molecule has 1 heterocycles. The Labute approximate surface area is 121 Å². The van der Waals surface area contributed by atoms with E-state index in [1.165, 1.54) is 6.07 Å². The topological polar surface area (TPSA) is 43.8 Å². The molecule has 3 nitrogen and oxygen atoms in total. The Kier molecular flexibility index (Phi) is 4.13. The molecule has 19 heavy (non-hydrogen) atoms. The zero-order valence-corrected chi connectivity index (χ0v) is 12.1. The Morgan fingerprint density at radius 3 is 2.68 bits per heavy atom. The molecule has 0 saturated heterocycles. The summed E-state index contributed by atoms with van der Waals surface area (Å²) in [5.41, 5.74) is 7.94. The van der Waals surface area contributed by atoms with E-state index in [9.17, 15) is 4.39 Å². The first-order valence-electron chi connectivity index (χ1n) is 5.79. The van der Waals surface area contributed by atoms with Crippen molar-refractivity contribution in [2.45, 2.75) is 19.4 Å². The molecule has 2 aromatic rings. The van der Waals surface area contributed by atoms with E-state index in [-0.39, 0.29) is 5.02 Å². The van der Waals surface area contributed by atoms with E-state index in [1.54, 1.807) is 23.9 Å². The lowest BCUT2D eigenvalue weighted by atomic mass is 10.0. The predicted octanol–water partition coefficient (Wildman–Crippen LogP) is 3.42. The molecule has 0 fully saturated rings. The molecule has 1 atom stereocenters. The molecule has 0 saturated carbocycles. The minimum atomic E-state index is -0.522. The lowest BCUT2D eigenvalue weighted by Gasteiger charge is -2.14. The van der Waals surface area contributed by atoms with Crippen LogP contribution in [0.15, 0.2) is 18.2 Å². The second-order valence-corrected chi connectivity index (χ2v) is 5.21. The summed E-state index contributed by atoms with van der Waals surface area (Å²) < 4.78 is 15.6. The van der Waals surface area contributed by atoms with Crippen LogP contribution in [0.1, 0.15) is 23.0 Å². The van der Waals surface area contributed by atoms with E-state index in [2.05, 4.69) is 5.10 Å². The Bertz CT molecular complexity index is 610. The van der Waals surface area contributed by atoms with E-state index >= 15 is 0 Å². The van der Waals surface area contributed by atoms with Gasteiger partial charge in [-0.15, -0.1) is 0 Å². The summed E-state index contributed by atoms with van der Waals surface area (Å²) in [6, 6.07) is 4.28. The first-order chi connectivity index (χ1) is 8.91. The molecule has 0 aliphatic rings. The highest BCUT2D eigenvalue weighted by atomic mass is 35.5. The van der Waals surface area contributed by atoms with Crippen LogP contribution in [0, 0.1) is 12.7 Å². The van der Waals surface area contributed by atoms with Crippen molar-refractivity contribution in [2.24, 2.45) is 12.8 Å². The third-order valence-corrected chi connectivity index (χ3v) is 3.84. The highest BCUT2D eigenvalue weighted by Crippen LogP contribution is 2.27. The average Bonchev–Trinajstić information content (AvgIpc) is 2.59. The zero-order valence-electron chi connectivity index (χ0n) is 10.6. The maximum atomic E-state index is 13.9. The third kappa shape index (κ3) is 2.76. The molecule has 6 heteroatoms. The number of aryl methyl sites for hydroxylation is 2. The summed E-state index contributed by atoms with van der Waals surface area (Å²) >= 11 is 11.9. The van der Waals surface area contributed by atoms with Gasteiger partial charge in [-0.3, -0.25) is 4.68 Å². The molecule has 2 N–H and O–H groups in total. The predicted molar refractivity (Wildman–Crippen MR) is 75.0 cm³/mol. The highest BCUT2D eigenvalue weighted by Gasteiger charge is 2.19. The maximum Gasteiger partial charge on any atom is 0.146 e. The van der Waals surface area contributed by atoms with Crippen LogP contribution in [0.25, 0.3) is 0 Å². The van der Waals surface area contributed by atoms with Gasteiger partial charge in [0.25, 0.3) is 0 Å². The van der Waals surface area contributed by atoms with Crippen LogP contribution >= 0.6 is 23.2 Å². The normalized spacial score (nSPS) is 12.7. The van der Waals surface area contributed by atoms with E-state index in [0.29, 0.717) is 17.0 Å². The quantitative estimate of drug-likeness (QED) is 0.944. The lowest BCUT2D eigenvalue weighted by molar-refractivity contribution is 0.569. The average molecular weight is 302 g/mol. The van der Waals surface area contributed by atoms with E-state index in [1.807, 2.05) is 6.92 Å². The summed E-state index contributed by atoms with van der Waals surface area (Å²) in [5, 5.41) is 4.85. The molecule has 1 aromatic heterocycles. The zero-order chi connectivity index (χ0) is 14.2. The fraction of sp³-hybridized carbons (Fsp3) is 0.308. The molecule has 102 valence electrons. The standard InChI is InChI=1S/C13H14Cl2FN3/c1-7-12(15)11(19(2)18-7)6-10(17)8-4-3-5-9(14)13(8)16/h3-5,10H,6,17H2,1-2H3. The van der Waals surface area contributed by atoms with Crippen LogP contribution in [-0.2, 0) is 13.5 Å². The number of hydrogen-bond acceptors (Lipinski definition) is 2. The van der Waals surface area contributed by atoms with Crippen LogP contribution in [0.4, 0.5) is 4.39 Å². The van der Waals surface area contributed by atoms with Gasteiger partial charge in [-0.05, 0) is 13.0 Å². The van der Waals surface area contributed by atoms with Crippen LogP contribution in [0.3, 0.4) is 0 Å². The number of nitrogens with zero attached hydrogens (tertiary/aromatic N) is 2. The van der Waals surface area contributed by atoms with E-state index < -0.39 is 11.9 Å². The Hall–Kier alpha value is -1.10. The van der Waals surface area contributed by atoms with Gasteiger partial charge in [-0.25, -0.2) is 4.39 Å². The van der Waals surface area contributed by atoms with Gasteiger partial charge >= 0.3 is 0 Å². The van der Waals surface area contributed by atoms with Gasteiger partial charge in [0.05, 0.1) is 21.4 Å². The summed E-state index contributed by atoms with van der Waals surface area (Å²) in [5.74, 6) is -0.480. The number of benzene rings is 1. The molecule has 0 bridgehead atoms. The van der Waals surface area contributed by atoms with Crippen molar-refractivity contribution in [2.75, 3.05) is 0 Å². The Balaban J connectivity index is 2.31. The van der Waals surface area contributed by atoms with Crippen molar-refractivity contribution < 1.29 is 4.39 Å². The number of halogens is 3. The minimum Gasteiger partial charge on any atom is -0.324 e. The lowest BCUT2D eigenvalue weighted by Crippen LogP contribution is -2.17. The van der Waals surface area contributed by atoms with Gasteiger partial charge in [0.15, 0.2) is 0 Å². The second kappa shape index (κ2) is 5.49. The highest BCUT2D eigenvalue weighted by molar-refractivity contribution is 6.32. The Morgan fingerprint density at radius 1 is 1.42 bits per heavy atom.